The van der Waals surface area contributed by atoms with E-state index in [9.17, 15) is 14.3 Å². The van der Waals surface area contributed by atoms with Crippen LogP contribution in [0.25, 0.3) is 0 Å². The third kappa shape index (κ3) is 4.13. The van der Waals surface area contributed by atoms with Gasteiger partial charge in [0.1, 0.15) is 5.82 Å². The van der Waals surface area contributed by atoms with Crippen molar-refractivity contribution in [3.63, 3.8) is 0 Å². The van der Waals surface area contributed by atoms with Crippen molar-refractivity contribution in [3.05, 3.63) is 53.6 Å². The second-order valence-electron chi connectivity index (χ2n) is 5.01. The first kappa shape index (κ1) is 15.2. The number of rotatable bonds is 5. The van der Waals surface area contributed by atoms with Crippen molar-refractivity contribution in [1.29, 1.82) is 0 Å². The van der Waals surface area contributed by atoms with Gasteiger partial charge in [0.05, 0.1) is 24.8 Å². The largest absolute Gasteiger partial charge is 0.388 e. The van der Waals surface area contributed by atoms with E-state index in [-0.39, 0.29) is 18.4 Å². The first-order chi connectivity index (χ1) is 9.95. The number of amides is 1. The highest BCUT2D eigenvalue weighted by atomic mass is 19.1. The number of benzene rings is 1. The number of hydrogen-bond donors (Lipinski definition) is 2. The zero-order chi connectivity index (χ0) is 15.4. The van der Waals surface area contributed by atoms with Gasteiger partial charge in [0.15, 0.2) is 0 Å². The molecule has 2 rings (SSSR count). The molecule has 2 unspecified atom stereocenters. The molecule has 0 aliphatic carbocycles. The Morgan fingerprint density at radius 3 is 2.86 bits per heavy atom. The van der Waals surface area contributed by atoms with E-state index < -0.39 is 11.9 Å². The average Bonchev–Trinajstić information content (AvgIpc) is 2.85. The number of carbonyl (C=O) groups is 1. The third-order valence-corrected chi connectivity index (χ3v) is 3.21. The summed E-state index contributed by atoms with van der Waals surface area (Å²) in [4.78, 5) is 11.9. The summed E-state index contributed by atoms with van der Waals surface area (Å²) in [7, 11) is 1.80. The Hall–Kier alpha value is -2.21. The summed E-state index contributed by atoms with van der Waals surface area (Å²) in [5, 5.41) is 16.8. The first-order valence-corrected chi connectivity index (χ1v) is 6.67. The zero-order valence-electron chi connectivity index (χ0n) is 12.0. The average molecular weight is 291 g/mol. The molecular weight excluding hydrogens is 273 g/mol. The van der Waals surface area contributed by atoms with E-state index in [0.29, 0.717) is 5.56 Å². The summed E-state index contributed by atoms with van der Waals surface area (Å²) < 4.78 is 14.7. The fraction of sp³-hybridized carbons (Fsp3) is 0.333. The SMILES string of the molecule is CC(NC(=O)CC(O)c1cccc(F)c1)c1cnn(C)c1. The highest BCUT2D eigenvalue weighted by molar-refractivity contribution is 5.77. The van der Waals surface area contributed by atoms with Crippen LogP contribution in [-0.4, -0.2) is 20.8 Å². The zero-order valence-corrected chi connectivity index (χ0v) is 12.0. The maximum absolute atomic E-state index is 13.1. The van der Waals surface area contributed by atoms with Crippen molar-refractivity contribution < 1.29 is 14.3 Å². The Bertz CT molecular complexity index is 627. The van der Waals surface area contributed by atoms with Crippen LogP contribution >= 0.6 is 0 Å². The molecule has 21 heavy (non-hydrogen) atoms. The van der Waals surface area contributed by atoms with Gasteiger partial charge >= 0.3 is 0 Å². The Kier molecular flexibility index (Phi) is 4.70. The maximum atomic E-state index is 13.1. The summed E-state index contributed by atoms with van der Waals surface area (Å²) in [5.74, 6) is -0.737. The van der Waals surface area contributed by atoms with Crippen LogP contribution in [-0.2, 0) is 11.8 Å². The maximum Gasteiger partial charge on any atom is 0.223 e. The molecule has 0 saturated carbocycles. The number of nitrogens with one attached hydrogen (secondary N) is 1. The van der Waals surface area contributed by atoms with E-state index in [0.717, 1.165) is 5.56 Å². The van der Waals surface area contributed by atoms with Crippen LogP contribution in [0.3, 0.4) is 0 Å². The molecule has 1 heterocycles. The van der Waals surface area contributed by atoms with Gasteiger partial charge in [-0.2, -0.15) is 5.10 Å². The molecule has 112 valence electrons. The predicted octanol–water partition coefficient (Wildman–Crippen LogP) is 1.86. The molecule has 1 aromatic heterocycles. The molecule has 2 N–H and O–H groups in total. The lowest BCUT2D eigenvalue weighted by molar-refractivity contribution is -0.123. The van der Waals surface area contributed by atoms with Gasteiger partial charge in [0.2, 0.25) is 5.91 Å². The fourth-order valence-electron chi connectivity index (χ4n) is 2.05. The van der Waals surface area contributed by atoms with Crippen molar-refractivity contribution in [2.45, 2.75) is 25.5 Å². The molecular formula is C15H18FN3O2. The van der Waals surface area contributed by atoms with Gasteiger partial charge in [-0.1, -0.05) is 12.1 Å². The summed E-state index contributed by atoms with van der Waals surface area (Å²) in [6.07, 6.45) is 2.34. The van der Waals surface area contributed by atoms with Gasteiger partial charge in [-0.15, -0.1) is 0 Å². The number of carbonyl (C=O) groups excluding carboxylic acids is 1. The first-order valence-electron chi connectivity index (χ1n) is 6.67. The smallest absolute Gasteiger partial charge is 0.223 e. The summed E-state index contributed by atoms with van der Waals surface area (Å²) in [6, 6.07) is 5.41. The minimum Gasteiger partial charge on any atom is -0.388 e. The lowest BCUT2D eigenvalue weighted by Crippen LogP contribution is -2.27. The number of nitrogens with zero attached hydrogens (tertiary/aromatic N) is 2. The minimum atomic E-state index is -1.03. The van der Waals surface area contributed by atoms with E-state index in [1.165, 1.54) is 18.2 Å². The van der Waals surface area contributed by atoms with Gasteiger partial charge < -0.3 is 10.4 Å². The Balaban J connectivity index is 1.92. The number of hydrogen-bond acceptors (Lipinski definition) is 3. The fourth-order valence-corrected chi connectivity index (χ4v) is 2.05. The lowest BCUT2D eigenvalue weighted by Gasteiger charge is -2.15. The van der Waals surface area contributed by atoms with Gasteiger partial charge in [-0.25, -0.2) is 4.39 Å². The number of aromatic nitrogens is 2. The van der Waals surface area contributed by atoms with Gasteiger partial charge in [-0.3, -0.25) is 9.48 Å². The number of halogens is 1. The molecule has 0 radical (unpaired) electrons. The monoisotopic (exact) mass is 291 g/mol. The molecule has 0 spiro atoms. The van der Waals surface area contributed by atoms with Crippen molar-refractivity contribution in [3.8, 4) is 0 Å². The molecule has 1 amide bonds. The minimum absolute atomic E-state index is 0.117. The van der Waals surface area contributed by atoms with Crippen molar-refractivity contribution in [2.24, 2.45) is 7.05 Å². The van der Waals surface area contributed by atoms with Gasteiger partial charge in [0, 0.05) is 18.8 Å². The molecule has 0 bridgehead atoms. The molecule has 0 saturated heterocycles. The van der Waals surface area contributed by atoms with E-state index in [2.05, 4.69) is 10.4 Å². The van der Waals surface area contributed by atoms with E-state index in [1.807, 2.05) is 13.1 Å². The van der Waals surface area contributed by atoms with Crippen LogP contribution in [0.15, 0.2) is 36.7 Å². The normalized spacial score (nSPS) is 13.7. The topological polar surface area (TPSA) is 67.2 Å². The second-order valence-corrected chi connectivity index (χ2v) is 5.01. The molecule has 0 fully saturated rings. The lowest BCUT2D eigenvalue weighted by atomic mass is 10.1. The molecule has 2 atom stereocenters. The summed E-state index contributed by atoms with van der Waals surface area (Å²) in [6.45, 7) is 1.84. The number of aryl methyl sites for hydroxylation is 1. The van der Waals surface area contributed by atoms with Gasteiger partial charge in [-0.05, 0) is 24.6 Å². The van der Waals surface area contributed by atoms with E-state index in [1.54, 1.807) is 24.0 Å². The number of aliphatic hydroxyl groups excluding tert-OH is 1. The van der Waals surface area contributed by atoms with Crippen LogP contribution in [0.2, 0.25) is 0 Å². The predicted molar refractivity (Wildman–Crippen MR) is 75.7 cm³/mol. The van der Waals surface area contributed by atoms with Crippen LogP contribution in [0.4, 0.5) is 4.39 Å². The van der Waals surface area contributed by atoms with Gasteiger partial charge in [0.25, 0.3) is 0 Å². The molecule has 6 heteroatoms. The van der Waals surface area contributed by atoms with E-state index in [4.69, 9.17) is 0 Å². The van der Waals surface area contributed by atoms with E-state index >= 15 is 0 Å². The van der Waals surface area contributed by atoms with Crippen molar-refractivity contribution >= 4 is 5.91 Å². The Labute approximate surface area is 122 Å². The van der Waals surface area contributed by atoms with Crippen LogP contribution < -0.4 is 5.32 Å². The van der Waals surface area contributed by atoms with Crippen LogP contribution in [0.5, 0.6) is 0 Å². The van der Waals surface area contributed by atoms with Crippen molar-refractivity contribution in [2.75, 3.05) is 0 Å². The highest BCUT2D eigenvalue weighted by Gasteiger charge is 2.16. The van der Waals surface area contributed by atoms with Crippen molar-refractivity contribution in [1.82, 2.24) is 15.1 Å². The van der Waals surface area contributed by atoms with Crippen LogP contribution in [0.1, 0.15) is 36.6 Å². The molecule has 0 aliphatic rings. The number of aliphatic hydroxyl groups is 1. The summed E-state index contributed by atoms with van der Waals surface area (Å²) in [5.41, 5.74) is 1.27. The molecule has 0 aliphatic heterocycles. The molecule has 5 nitrogen and oxygen atoms in total. The summed E-state index contributed by atoms with van der Waals surface area (Å²) >= 11 is 0. The molecule has 1 aromatic carbocycles. The second kappa shape index (κ2) is 6.49. The standard InChI is InChI=1S/C15H18FN3O2/c1-10(12-8-17-19(2)9-12)18-15(21)7-14(20)11-4-3-5-13(16)6-11/h3-6,8-10,14,20H,7H2,1-2H3,(H,18,21). The quantitative estimate of drug-likeness (QED) is 0.883. The Morgan fingerprint density at radius 2 is 2.24 bits per heavy atom. The third-order valence-electron chi connectivity index (χ3n) is 3.21. The van der Waals surface area contributed by atoms with Crippen LogP contribution in [0, 0.1) is 5.82 Å². The Morgan fingerprint density at radius 1 is 1.48 bits per heavy atom. The molecule has 2 aromatic rings. The highest BCUT2D eigenvalue weighted by Crippen LogP contribution is 2.18.